The van der Waals surface area contributed by atoms with Crippen LogP contribution in [0, 0.1) is 13.8 Å². The molecule has 3 aromatic carbocycles. The standard InChI is InChI=1S/C27H28ClN3O3/c1-18-4-5-19(2)25(16-18)31-14-12-30(13-15-31)24-11-8-21(27(33)34-3)17-23(24)29-26(32)20-6-9-22(28)10-7-20/h4-11,16-17H,12-15H2,1-3H3,(H,29,32). The average Bonchev–Trinajstić information content (AvgIpc) is 2.85. The van der Waals surface area contributed by atoms with Gasteiger partial charge in [0.25, 0.3) is 5.91 Å². The number of hydrogen-bond acceptors (Lipinski definition) is 5. The van der Waals surface area contributed by atoms with Gasteiger partial charge in [-0.2, -0.15) is 0 Å². The molecule has 3 aromatic rings. The van der Waals surface area contributed by atoms with Crippen LogP contribution in [-0.2, 0) is 4.74 Å². The SMILES string of the molecule is COC(=O)c1ccc(N2CCN(c3cc(C)ccc3C)CC2)c(NC(=O)c2ccc(Cl)cc2)c1. The van der Waals surface area contributed by atoms with Crippen LogP contribution in [0.15, 0.2) is 60.7 Å². The molecule has 1 N–H and O–H groups in total. The molecule has 1 aliphatic heterocycles. The van der Waals surface area contributed by atoms with E-state index in [0.717, 1.165) is 31.9 Å². The van der Waals surface area contributed by atoms with Crippen molar-refractivity contribution >= 4 is 40.5 Å². The molecule has 7 heteroatoms. The fraction of sp³-hybridized carbons (Fsp3) is 0.259. The van der Waals surface area contributed by atoms with Crippen molar-refractivity contribution in [1.29, 1.82) is 0 Å². The zero-order valence-electron chi connectivity index (χ0n) is 19.6. The van der Waals surface area contributed by atoms with Gasteiger partial charge in [0.1, 0.15) is 0 Å². The van der Waals surface area contributed by atoms with Crippen molar-refractivity contribution in [2.24, 2.45) is 0 Å². The molecule has 1 saturated heterocycles. The highest BCUT2D eigenvalue weighted by atomic mass is 35.5. The van der Waals surface area contributed by atoms with Gasteiger partial charge < -0.3 is 19.9 Å². The van der Waals surface area contributed by atoms with Crippen LogP contribution < -0.4 is 15.1 Å². The number of methoxy groups -OCH3 is 1. The number of ether oxygens (including phenoxy) is 1. The molecule has 0 aromatic heterocycles. The molecule has 6 nitrogen and oxygen atoms in total. The summed E-state index contributed by atoms with van der Waals surface area (Å²) in [5, 5.41) is 3.54. The number of benzene rings is 3. The van der Waals surface area contributed by atoms with Gasteiger partial charge >= 0.3 is 5.97 Å². The Morgan fingerprint density at radius 1 is 0.824 bits per heavy atom. The number of hydrogen-bond donors (Lipinski definition) is 1. The lowest BCUT2D eigenvalue weighted by molar-refractivity contribution is 0.0600. The highest BCUT2D eigenvalue weighted by Crippen LogP contribution is 2.31. The van der Waals surface area contributed by atoms with Crippen molar-refractivity contribution < 1.29 is 14.3 Å². The van der Waals surface area contributed by atoms with E-state index in [1.165, 1.54) is 23.9 Å². The minimum atomic E-state index is -0.451. The molecule has 1 aliphatic rings. The van der Waals surface area contributed by atoms with Crippen molar-refractivity contribution in [3.05, 3.63) is 87.9 Å². The third-order valence-corrected chi connectivity index (χ3v) is 6.35. The maximum Gasteiger partial charge on any atom is 0.337 e. The maximum absolute atomic E-state index is 12.9. The first-order valence-electron chi connectivity index (χ1n) is 11.2. The summed E-state index contributed by atoms with van der Waals surface area (Å²) in [6.45, 7) is 7.53. The molecular formula is C27H28ClN3O3. The molecule has 0 aliphatic carbocycles. The summed E-state index contributed by atoms with van der Waals surface area (Å²) in [4.78, 5) is 29.7. The Hall–Kier alpha value is -3.51. The number of anilines is 3. The van der Waals surface area contributed by atoms with Crippen LogP contribution in [0.1, 0.15) is 31.8 Å². The van der Waals surface area contributed by atoms with E-state index in [0.29, 0.717) is 21.8 Å². The molecule has 0 saturated carbocycles. The summed E-state index contributed by atoms with van der Waals surface area (Å²) >= 11 is 5.96. The van der Waals surface area contributed by atoms with Gasteiger partial charge in [-0.1, -0.05) is 23.7 Å². The van der Waals surface area contributed by atoms with Crippen molar-refractivity contribution in [3.63, 3.8) is 0 Å². The summed E-state index contributed by atoms with van der Waals surface area (Å²) in [6, 6.07) is 18.5. The van der Waals surface area contributed by atoms with Gasteiger partial charge in [-0.25, -0.2) is 4.79 Å². The largest absolute Gasteiger partial charge is 0.465 e. The highest BCUT2D eigenvalue weighted by molar-refractivity contribution is 6.30. The molecule has 176 valence electrons. The minimum absolute atomic E-state index is 0.269. The van der Waals surface area contributed by atoms with Crippen molar-refractivity contribution in [3.8, 4) is 0 Å². The molecule has 0 spiro atoms. The summed E-state index contributed by atoms with van der Waals surface area (Å²) < 4.78 is 4.88. The molecule has 0 atom stereocenters. The first kappa shape index (κ1) is 23.6. The van der Waals surface area contributed by atoms with E-state index in [9.17, 15) is 9.59 Å². The number of carbonyl (C=O) groups is 2. The molecule has 4 rings (SSSR count). The number of nitrogens with one attached hydrogen (secondary N) is 1. The number of carbonyl (C=O) groups excluding carboxylic acids is 2. The summed E-state index contributed by atoms with van der Waals surface area (Å²) in [7, 11) is 1.34. The van der Waals surface area contributed by atoms with Crippen molar-refractivity contribution in [2.45, 2.75) is 13.8 Å². The van der Waals surface area contributed by atoms with E-state index in [4.69, 9.17) is 16.3 Å². The second kappa shape index (κ2) is 10.2. The Labute approximate surface area is 205 Å². The number of piperazine rings is 1. The molecule has 0 unspecified atom stereocenters. The molecule has 1 fully saturated rings. The van der Waals surface area contributed by atoms with Gasteiger partial charge in [-0.15, -0.1) is 0 Å². The Morgan fingerprint density at radius 2 is 1.44 bits per heavy atom. The third kappa shape index (κ3) is 5.18. The Kier molecular flexibility index (Phi) is 7.08. The normalized spacial score (nSPS) is 13.5. The number of nitrogens with zero attached hydrogens (tertiary/aromatic N) is 2. The molecular weight excluding hydrogens is 450 g/mol. The fourth-order valence-electron chi connectivity index (χ4n) is 4.20. The number of halogens is 1. The summed E-state index contributed by atoms with van der Waals surface area (Å²) in [6.07, 6.45) is 0. The second-order valence-electron chi connectivity index (χ2n) is 8.45. The summed E-state index contributed by atoms with van der Waals surface area (Å²) in [5.74, 6) is -0.720. The van der Waals surface area contributed by atoms with E-state index in [2.05, 4.69) is 47.2 Å². The van der Waals surface area contributed by atoms with Crippen LogP contribution in [-0.4, -0.2) is 45.2 Å². The minimum Gasteiger partial charge on any atom is -0.465 e. The monoisotopic (exact) mass is 477 g/mol. The van der Waals surface area contributed by atoms with Crippen molar-refractivity contribution in [1.82, 2.24) is 0 Å². The third-order valence-electron chi connectivity index (χ3n) is 6.10. The van der Waals surface area contributed by atoms with E-state index in [-0.39, 0.29) is 5.91 Å². The van der Waals surface area contributed by atoms with Gasteiger partial charge in [-0.3, -0.25) is 4.79 Å². The highest BCUT2D eigenvalue weighted by Gasteiger charge is 2.22. The van der Waals surface area contributed by atoms with Gasteiger partial charge in [0.2, 0.25) is 0 Å². The first-order valence-corrected chi connectivity index (χ1v) is 11.6. The Bertz CT molecular complexity index is 1200. The number of aryl methyl sites for hydroxylation is 2. The van der Waals surface area contributed by atoms with Crippen LogP contribution in [0.25, 0.3) is 0 Å². The Balaban J connectivity index is 1.57. The van der Waals surface area contributed by atoms with Crippen LogP contribution in [0.4, 0.5) is 17.1 Å². The van der Waals surface area contributed by atoms with Crippen molar-refractivity contribution in [2.75, 3.05) is 48.4 Å². The maximum atomic E-state index is 12.9. The van der Waals surface area contributed by atoms with E-state index < -0.39 is 5.97 Å². The van der Waals surface area contributed by atoms with Crippen LogP contribution in [0.2, 0.25) is 5.02 Å². The average molecular weight is 478 g/mol. The van der Waals surface area contributed by atoms with Gasteiger partial charge in [-0.05, 0) is 73.5 Å². The quantitative estimate of drug-likeness (QED) is 0.504. The van der Waals surface area contributed by atoms with Gasteiger partial charge in [0, 0.05) is 42.5 Å². The molecule has 1 amide bonds. The van der Waals surface area contributed by atoms with Crippen LogP contribution in [0.3, 0.4) is 0 Å². The van der Waals surface area contributed by atoms with E-state index >= 15 is 0 Å². The van der Waals surface area contributed by atoms with Gasteiger partial charge in [0.15, 0.2) is 0 Å². The lowest BCUT2D eigenvalue weighted by Gasteiger charge is -2.39. The number of esters is 1. The first-order chi connectivity index (χ1) is 16.4. The lowest BCUT2D eigenvalue weighted by Crippen LogP contribution is -2.47. The molecule has 0 bridgehead atoms. The molecule has 34 heavy (non-hydrogen) atoms. The second-order valence-corrected chi connectivity index (χ2v) is 8.89. The topological polar surface area (TPSA) is 61.9 Å². The van der Waals surface area contributed by atoms with E-state index in [1.807, 2.05) is 6.07 Å². The Morgan fingerprint density at radius 3 is 2.09 bits per heavy atom. The van der Waals surface area contributed by atoms with E-state index in [1.54, 1.807) is 36.4 Å². The molecule has 0 radical (unpaired) electrons. The smallest absolute Gasteiger partial charge is 0.337 e. The van der Waals surface area contributed by atoms with Gasteiger partial charge in [0.05, 0.1) is 24.0 Å². The fourth-order valence-corrected chi connectivity index (χ4v) is 4.33. The summed E-state index contributed by atoms with van der Waals surface area (Å²) in [5.41, 5.74) is 6.08. The predicted octanol–water partition coefficient (Wildman–Crippen LogP) is 5.32. The zero-order chi connectivity index (χ0) is 24.2. The number of rotatable bonds is 5. The van der Waals surface area contributed by atoms with Crippen LogP contribution >= 0.6 is 11.6 Å². The zero-order valence-corrected chi connectivity index (χ0v) is 20.4. The molecule has 1 heterocycles. The predicted molar refractivity (Wildman–Crippen MR) is 138 cm³/mol. The number of amides is 1. The van der Waals surface area contributed by atoms with Crippen LogP contribution in [0.5, 0.6) is 0 Å². The lowest BCUT2D eigenvalue weighted by atomic mass is 10.1.